The maximum atomic E-state index is 13.0. The first-order valence-electron chi connectivity index (χ1n) is 11.0. The van der Waals surface area contributed by atoms with Crippen molar-refractivity contribution in [3.8, 4) is 11.9 Å². The average molecular weight is 518 g/mol. The molecule has 36 heavy (non-hydrogen) atoms. The SMILES string of the molecule is Cc1nsc(Nc2cc(C#N)ccn2)c1C(=O)Nc1ccc(OC2CCN(CC(F)(F)F)CC2)nc1. The molecule has 1 saturated heterocycles. The summed E-state index contributed by atoms with van der Waals surface area (Å²) in [6.07, 6.45) is -0.528. The maximum Gasteiger partial charge on any atom is 0.401 e. The van der Waals surface area contributed by atoms with Crippen LogP contribution in [0.15, 0.2) is 36.7 Å². The molecule has 13 heteroatoms. The Kier molecular flexibility index (Phi) is 7.66. The summed E-state index contributed by atoms with van der Waals surface area (Å²) in [6, 6.07) is 8.43. The Bertz CT molecular complexity index is 1250. The number of nitrogens with one attached hydrogen (secondary N) is 2. The van der Waals surface area contributed by atoms with E-state index in [0.717, 1.165) is 11.5 Å². The first kappa shape index (κ1) is 25.3. The number of carbonyl (C=O) groups is 1. The zero-order valence-electron chi connectivity index (χ0n) is 19.2. The number of aryl methyl sites for hydroxylation is 1. The number of hydrogen-bond donors (Lipinski definition) is 2. The number of amides is 1. The topological polar surface area (TPSA) is 116 Å². The van der Waals surface area contributed by atoms with Crippen molar-refractivity contribution >= 4 is 33.9 Å². The van der Waals surface area contributed by atoms with Gasteiger partial charge in [0.1, 0.15) is 16.9 Å². The Morgan fingerprint density at radius 1 is 1.28 bits per heavy atom. The number of nitrogens with zero attached hydrogens (tertiary/aromatic N) is 5. The van der Waals surface area contributed by atoms with E-state index in [1.807, 2.05) is 6.07 Å². The third-order valence-electron chi connectivity index (χ3n) is 5.44. The van der Waals surface area contributed by atoms with Crippen molar-refractivity contribution in [3.63, 3.8) is 0 Å². The fourth-order valence-electron chi connectivity index (χ4n) is 3.73. The van der Waals surface area contributed by atoms with E-state index >= 15 is 0 Å². The van der Waals surface area contributed by atoms with E-state index in [9.17, 15) is 18.0 Å². The van der Waals surface area contributed by atoms with Gasteiger partial charge >= 0.3 is 6.18 Å². The number of piperidine rings is 1. The van der Waals surface area contributed by atoms with Gasteiger partial charge in [-0.15, -0.1) is 0 Å². The average Bonchev–Trinajstić information content (AvgIpc) is 3.20. The molecule has 3 aromatic heterocycles. The molecular weight excluding hydrogens is 495 g/mol. The molecule has 1 amide bonds. The minimum atomic E-state index is -4.21. The predicted octanol–water partition coefficient (Wildman–Crippen LogP) is 4.51. The van der Waals surface area contributed by atoms with E-state index in [2.05, 4.69) is 25.0 Å². The fourth-order valence-corrected chi connectivity index (χ4v) is 4.54. The molecule has 0 unspecified atom stereocenters. The number of pyridine rings is 2. The lowest BCUT2D eigenvalue weighted by molar-refractivity contribution is -0.149. The highest BCUT2D eigenvalue weighted by Crippen LogP contribution is 2.29. The standard InChI is InChI=1S/C23H22F3N7O2S/c1-14-20(22(36-32-14)31-18-10-15(11-27)4-7-28-18)21(34)30-16-2-3-19(29-12-16)35-17-5-8-33(9-6-17)13-23(24,25)26/h2-4,7,10,12,17H,5-6,8-9,13H2,1H3,(H,28,31)(H,30,34). The monoisotopic (exact) mass is 517 g/mol. The van der Waals surface area contributed by atoms with Crippen LogP contribution in [0.25, 0.3) is 0 Å². The van der Waals surface area contributed by atoms with Crippen LogP contribution in [-0.4, -0.2) is 57.1 Å². The van der Waals surface area contributed by atoms with Gasteiger partial charge < -0.3 is 15.4 Å². The molecule has 188 valence electrons. The van der Waals surface area contributed by atoms with Gasteiger partial charge in [-0.05, 0) is 49.5 Å². The second-order valence-electron chi connectivity index (χ2n) is 8.19. The number of nitriles is 1. The minimum absolute atomic E-state index is 0.219. The number of ether oxygens (including phenoxy) is 1. The lowest BCUT2D eigenvalue weighted by Gasteiger charge is -2.32. The molecule has 1 aliphatic rings. The third kappa shape index (κ3) is 6.67. The number of alkyl halides is 3. The number of aromatic nitrogens is 3. The summed E-state index contributed by atoms with van der Waals surface area (Å²) in [5, 5.41) is 15.4. The molecule has 0 aromatic carbocycles. The van der Waals surface area contributed by atoms with E-state index in [4.69, 9.17) is 10.00 Å². The zero-order chi connectivity index (χ0) is 25.7. The zero-order valence-corrected chi connectivity index (χ0v) is 20.0. The molecule has 1 fully saturated rings. The van der Waals surface area contributed by atoms with Gasteiger partial charge in [-0.2, -0.15) is 22.8 Å². The number of hydrogen-bond acceptors (Lipinski definition) is 9. The first-order valence-corrected chi connectivity index (χ1v) is 11.8. The van der Waals surface area contributed by atoms with E-state index in [-0.39, 0.29) is 6.10 Å². The molecule has 9 nitrogen and oxygen atoms in total. The summed E-state index contributed by atoms with van der Waals surface area (Å²) < 4.78 is 47.7. The van der Waals surface area contributed by atoms with Crippen molar-refractivity contribution in [1.29, 1.82) is 5.26 Å². The molecule has 0 bridgehead atoms. The lowest BCUT2D eigenvalue weighted by Crippen LogP contribution is -2.42. The Hall–Kier alpha value is -3.76. The van der Waals surface area contributed by atoms with Crippen molar-refractivity contribution in [2.24, 2.45) is 0 Å². The smallest absolute Gasteiger partial charge is 0.401 e. The molecular formula is C23H22F3N7O2S. The highest BCUT2D eigenvalue weighted by atomic mass is 32.1. The number of carbonyl (C=O) groups excluding carboxylic acids is 1. The van der Waals surface area contributed by atoms with Crippen LogP contribution in [0.3, 0.4) is 0 Å². The van der Waals surface area contributed by atoms with Crippen molar-refractivity contribution in [1.82, 2.24) is 19.2 Å². The van der Waals surface area contributed by atoms with Gasteiger partial charge in [0.2, 0.25) is 5.88 Å². The molecule has 0 atom stereocenters. The lowest BCUT2D eigenvalue weighted by atomic mass is 10.1. The molecule has 0 saturated carbocycles. The number of likely N-dealkylation sites (tertiary alicyclic amines) is 1. The largest absolute Gasteiger partial charge is 0.474 e. The van der Waals surface area contributed by atoms with E-state index in [1.54, 1.807) is 31.2 Å². The van der Waals surface area contributed by atoms with Gasteiger partial charge in [0.25, 0.3) is 5.91 Å². The van der Waals surface area contributed by atoms with Crippen LogP contribution in [0, 0.1) is 18.3 Å². The van der Waals surface area contributed by atoms with E-state index in [0.29, 0.717) is 65.1 Å². The number of rotatable bonds is 7. The summed E-state index contributed by atoms with van der Waals surface area (Å²) in [7, 11) is 0. The van der Waals surface area contributed by atoms with Crippen molar-refractivity contribution in [2.45, 2.75) is 32.0 Å². The molecule has 2 N–H and O–H groups in total. The van der Waals surface area contributed by atoms with E-state index in [1.165, 1.54) is 17.3 Å². The molecule has 4 rings (SSSR count). The van der Waals surface area contributed by atoms with Crippen molar-refractivity contribution in [3.05, 3.63) is 53.5 Å². The van der Waals surface area contributed by atoms with Crippen LogP contribution in [0.5, 0.6) is 5.88 Å². The van der Waals surface area contributed by atoms with Gasteiger partial charge in [0.15, 0.2) is 0 Å². The highest BCUT2D eigenvalue weighted by molar-refractivity contribution is 7.10. The molecule has 0 spiro atoms. The van der Waals surface area contributed by atoms with Crippen LogP contribution in [0.1, 0.15) is 34.5 Å². The summed E-state index contributed by atoms with van der Waals surface area (Å²) >= 11 is 1.10. The van der Waals surface area contributed by atoms with Gasteiger partial charge in [-0.25, -0.2) is 9.97 Å². The Morgan fingerprint density at radius 2 is 2.06 bits per heavy atom. The second-order valence-corrected chi connectivity index (χ2v) is 8.96. The maximum absolute atomic E-state index is 13.0. The minimum Gasteiger partial charge on any atom is -0.474 e. The summed E-state index contributed by atoms with van der Waals surface area (Å²) in [4.78, 5) is 22.7. The van der Waals surface area contributed by atoms with Gasteiger partial charge in [0, 0.05) is 25.4 Å². The summed E-state index contributed by atoms with van der Waals surface area (Å²) in [5.74, 6) is 0.355. The molecule has 0 aliphatic carbocycles. The molecule has 0 radical (unpaired) electrons. The van der Waals surface area contributed by atoms with Crippen molar-refractivity contribution < 1.29 is 22.7 Å². The van der Waals surface area contributed by atoms with Gasteiger partial charge in [-0.1, -0.05) is 0 Å². The molecule has 1 aliphatic heterocycles. The van der Waals surface area contributed by atoms with Crippen LogP contribution in [-0.2, 0) is 0 Å². The second kappa shape index (κ2) is 10.9. The molecule has 3 aromatic rings. The molecule has 4 heterocycles. The number of halogens is 3. The summed E-state index contributed by atoms with van der Waals surface area (Å²) in [6.45, 7) is 1.41. The van der Waals surface area contributed by atoms with Crippen LogP contribution in [0.2, 0.25) is 0 Å². The highest BCUT2D eigenvalue weighted by Gasteiger charge is 2.33. The number of anilines is 3. The summed E-state index contributed by atoms with van der Waals surface area (Å²) in [5.41, 5.74) is 1.74. The predicted molar refractivity (Wildman–Crippen MR) is 127 cm³/mol. The van der Waals surface area contributed by atoms with Crippen LogP contribution >= 0.6 is 11.5 Å². The van der Waals surface area contributed by atoms with Crippen LogP contribution in [0.4, 0.5) is 29.7 Å². The normalized spacial score (nSPS) is 14.8. The fraction of sp³-hybridized carbons (Fsp3) is 0.348. The Balaban J connectivity index is 1.34. The quantitative estimate of drug-likeness (QED) is 0.470. The third-order valence-corrected chi connectivity index (χ3v) is 6.29. The van der Waals surface area contributed by atoms with Crippen molar-refractivity contribution in [2.75, 3.05) is 30.3 Å². The Morgan fingerprint density at radius 3 is 2.72 bits per heavy atom. The van der Waals surface area contributed by atoms with Gasteiger partial charge in [0.05, 0.1) is 41.3 Å². The van der Waals surface area contributed by atoms with Gasteiger partial charge in [-0.3, -0.25) is 9.69 Å². The van der Waals surface area contributed by atoms with Crippen LogP contribution < -0.4 is 15.4 Å². The van der Waals surface area contributed by atoms with E-state index < -0.39 is 18.6 Å². The Labute approximate surface area is 209 Å². The first-order chi connectivity index (χ1) is 17.2.